The van der Waals surface area contributed by atoms with Crippen LogP contribution in [0, 0.1) is 11.7 Å². The molecule has 1 aromatic carbocycles. The number of halogens is 1. The average molecular weight is 219 g/mol. The van der Waals surface area contributed by atoms with Gasteiger partial charge >= 0.3 is 0 Å². The minimum Gasteiger partial charge on any atom is -0.352 e. The van der Waals surface area contributed by atoms with Crippen molar-refractivity contribution >= 4 is 5.91 Å². The van der Waals surface area contributed by atoms with Crippen molar-refractivity contribution in [3.05, 3.63) is 48.3 Å². The monoisotopic (exact) mass is 219 g/mol. The van der Waals surface area contributed by atoms with E-state index in [1.54, 1.807) is 18.2 Å². The van der Waals surface area contributed by atoms with Gasteiger partial charge in [-0.2, -0.15) is 0 Å². The molecule has 2 unspecified atom stereocenters. The summed E-state index contributed by atoms with van der Waals surface area (Å²) in [5.74, 6) is 0.127. The van der Waals surface area contributed by atoms with Crippen LogP contribution in [0.1, 0.15) is 17.9 Å². The van der Waals surface area contributed by atoms with Gasteiger partial charge in [-0.05, 0) is 30.0 Å². The summed E-state index contributed by atoms with van der Waals surface area (Å²) in [6.07, 6.45) is 2.52. The van der Waals surface area contributed by atoms with Crippen molar-refractivity contribution in [1.29, 1.82) is 0 Å². The van der Waals surface area contributed by atoms with Gasteiger partial charge in [0.2, 0.25) is 5.91 Å². The highest BCUT2D eigenvalue weighted by molar-refractivity contribution is 5.82. The zero-order valence-corrected chi connectivity index (χ0v) is 8.95. The third-order valence-electron chi connectivity index (χ3n) is 2.85. The Bertz CT molecular complexity index is 399. The fourth-order valence-corrected chi connectivity index (χ4v) is 1.87. The van der Waals surface area contributed by atoms with Gasteiger partial charge in [0.1, 0.15) is 5.82 Å². The van der Waals surface area contributed by atoms with Crippen LogP contribution in [-0.2, 0) is 4.79 Å². The zero-order valence-electron chi connectivity index (χ0n) is 8.95. The molecule has 3 heteroatoms. The van der Waals surface area contributed by atoms with E-state index in [4.69, 9.17) is 0 Å². The lowest BCUT2D eigenvalue weighted by Crippen LogP contribution is -2.25. The van der Waals surface area contributed by atoms with Gasteiger partial charge in [-0.1, -0.05) is 18.2 Å². The van der Waals surface area contributed by atoms with E-state index in [0.29, 0.717) is 6.54 Å². The van der Waals surface area contributed by atoms with E-state index in [1.807, 2.05) is 0 Å². The molecule has 0 aliphatic heterocycles. The van der Waals surface area contributed by atoms with Gasteiger partial charge in [-0.15, -0.1) is 6.58 Å². The summed E-state index contributed by atoms with van der Waals surface area (Å²) in [6.45, 7) is 4.05. The Kier molecular flexibility index (Phi) is 3.04. The molecule has 0 aromatic heterocycles. The number of rotatable bonds is 4. The first-order chi connectivity index (χ1) is 7.72. The van der Waals surface area contributed by atoms with Gasteiger partial charge in [-0.3, -0.25) is 4.79 Å². The third kappa shape index (κ3) is 2.30. The minimum absolute atomic E-state index is 0.0467. The van der Waals surface area contributed by atoms with E-state index in [-0.39, 0.29) is 23.6 Å². The molecule has 1 amide bonds. The van der Waals surface area contributed by atoms with Crippen LogP contribution < -0.4 is 5.32 Å². The fraction of sp³-hybridized carbons (Fsp3) is 0.308. The van der Waals surface area contributed by atoms with Crippen molar-refractivity contribution < 1.29 is 9.18 Å². The molecule has 1 aliphatic rings. The molecule has 1 saturated carbocycles. The minimum atomic E-state index is -0.239. The van der Waals surface area contributed by atoms with Gasteiger partial charge in [0.15, 0.2) is 0 Å². The largest absolute Gasteiger partial charge is 0.352 e. The summed E-state index contributed by atoms with van der Waals surface area (Å²) < 4.78 is 12.7. The molecular formula is C13H14FNO. The van der Waals surface area contributed by atoms with E-state index in [1.165, 1.54) is 12.1 Å². The van der Waals surface area contributed by atoms with E-state index >= 15 is 0 Å². The standard InChI is InChI=1S/C13H14FNO/c1-2-7-15-13(16)12-8-11(12)9-3-5-10(14)6-4-9/h2-6,11-12H,1,7-8H2,(H,15,16). The van der Waals surface area contributed by atoms with E-state index in [0.717, 1.165) is 12.0 Å². The predicted octanol–water partition coefficient (Wildman–Crippen LogP) is 2.23. The Labute approximate surface area is 94.2 Å². The molecule has 84 valence electrons. The maximum absolute atomic E-state index is 12.7. The second kappa shape index (κ2) is 4.47. The third-order valence-corrected chi connectivity index (χ3v) is 2.85. The molecule has 1 fully saturated rings. The Morgan fingerprint density at radius 1 is 1.50 bits per heavy atom. The summed E-state index contributed by atoms with van der Waals surface area (Å²) in [5, 5.41) is 2.77. The lowest BCUT2D eigenvalue weighted by atomic mass is 10.1. The summed E-state index contributed by atoms with van der Waals surface area (Å²) in [5.41, 5.74) is 1.04. The highest BCUT2D eigenvalue weighted by Gasteiger charge is 2.43. The van der Waals surface area contributed by atoms with Crippen molar-refractivity contribution in [3.63, 3.8) is 0 Å². The molecule has 2 atom stereocenters. The van der Waals surface area contributed by atoms with Crippen LogP contribution in [0.5, 0.6) is 0 Å². The Balaban J connectivity index is 1.93. The van der Waals surface area contributed by atoms with Gasteiger partial charge in [0.25, 0.3) is 0 Å². The van der Waals surface area contributed by atoms with Gasteiger partial charge in [0.05, 0.1) is 0 Å². The lowest BCUT2D eigenvalue weighted by molar-refractivity contribution is -0.122. The van der Waals surface area contributed by atoms with Crippen LogP contribution in [0.15, 0.2) is 36.9 Å². The maximum Gasteiger partial charge on any atom is 0.223 e. The van der Waals surface area contributed by atoms with Gasteiger partial charge in [-0.25, -0.2) is 4.39 Å². The molecule has 1 aliphatic carbocycles. The Morgan fingerprint density at radius 3 is 2.81 bits per heavy atom. The number of benzene rings is 1. The van der Waals surface area contributed by atoms with Gasteiger partial charge in [0, 0.05) is 12.5 Å². The van der Waals surface area contributed by atoms with Crippen molar-refractivity contribution in [1.82, 2.24) is 5.32 Å². The predicted molar refractivity (Wildman–Crippen MR) is 60.5 cm³/mol. The summed E-state index contributed by atoms with van der Waals surface area (Å²) in [7, 11) is 0. The highest BCUT2D eigenvalue weighted by Crippen LogP contribution is 2.47. The SMILES string of the molecule is C=CCNC(=O)C1CC1c1ccc(F)cc1. The molecule has 0 bridgehead atoms. The Hall–Kier alpha value is -1.64. The molecule has 1 aromatic rings. The second-order valence-corrected chi connectivity index (χ2v) is 4.03. The summed E-state index contributed by atoms with van der Waals surface area (Å²) in [6, 6.07) is 6.38. The molecular weight excluding hydrogens is 205 g/mol. The summed E-state index contributed by atoms with van der Waals surface area (Å²) in [4.78, 5) is 11.6. The topological polar surface area (TPSA) is 29.1 Å². The van der Waals surface area contributed by atoms with Crippen LogP contribution in [0.2, 0.25) is 0 Å². The van der Waals surface area contributed by atoms with E-state index < -0.39 is 0 Å². The molecule has 1 N–H and O–H groups in total. The quantitative estimate of drug-likeness (QED) is 0.773. The van der Waals surface area contributed by atoms with Crippen molar-refractivity contribution in [2.75, 3.05) is 6.54 Å². The van der Waals surface area contributed by atoms with Crippen LogP contribution in [0.4, 0.5) is 4.39 Å². The zero-order chi connectivity index (χ0) is 11.5. The number of nitrogens with one attached hydrogen (secondary N) is 1. The summed E-state index contributed by atoms with van der Waals surface area (Å²) >= 11 is 0. The molecule has 2 rings (SSSR count). The molecule has 0 spiro atoms. The number of amides is 1. The normalized spacial score (nSPS) is 22.6. The number of hydrogen-bond acceptors (Lipinski definition) is 1. The van der Waals surface area contributed by atoms with Crippen LogP contribution in [-0.4, -0.2) is 12.5 Å². The van der Waals surface area contributed by atoms with E-state index in [2.05, 4.69) is 11.9 Å². The van der Waals surface area contributed by atoms with Gasteiger partial charge < -0.3 is 5.32 Å². The lowest BCUT2D eigenvalue weighted by Gasteiger charge is -2.01. The number of carbonyl (C=O) groups excluding carboxylic acids is 1. The molecule has 0 radical (unpaired) electrons. The van der Waals surface area contributed by atoms with Crippen molar-refractivity contribution in [2.24, 2.45) is 5.92 Å². The molecule has 0 saturated heterocycles. The first-order valence-electron chi connectivity index (χ1n) is 5.36. The molecule has 2 nitrogen and oxygen atoms in total. The second-order valence-electron chi connectivity index (χ2n) is 4.03. The van der Waals surface area contributed by atoms with Crippen molar-refractivity contribution in [2.45, 2.75) is 12.3 Å². The van der Waals surface area contributed by atoms with Crippen LogP contribution in [0.3, 0.4) is 0 Å². The Morgan fingerprint density at radius 2 is 2.19 bits per heavy atom. The number of hydrogen-bond donors (Lipinski definition) is 1. The first-order valence-corrected chi connectivity index (χ1v) is 5.36. The first kappa shape index (κ1) is 10.9. The molecule has 0 heterocycles. The average Bonchev–Trinajstić information content (AvgIpc) is 3.07. The number of carbonyl (C=O) groups is 1. The van der Waals surface area contributed by atoms with Crippen LogP contribution >= 0.6 is 0 Å². The highest BCUT2D eigenvalue weighted by atomic mass is 19.1. The maximum atomic E-state index is 12.7. The fourth-order valence-electron chi connectivity index (χ4n) is 1.87. The van der Waals surface area contributed by atoms with E-state index in [9.17, 15) is 9.18 Å². The van der Waals surface area contributed by atoms with Crippen molar-refractivity contribution in [3.8, 4) is 0 Å². The smallest absolute Gasteiger partial charge is 0.223 e. The molecule has 16 heavy (non-hydrogen) atoms. The van der Waals surface area contributed by atoms with Crippen LogP contribution in [0.25, 0.3) is 0 Å².